The molecule has 0 amide bonds. The molecule has 1 saturated heterocycles. The summed E-state index contributed by atoms with van der Waals surface area (Å²) >= 11 is 6.09. The van der Waals surface area contributed by atoms with Gasteiger partial charge in [0, 0.05) is 31.7 Å². The van der Waals surface area contributed by atoms with Crippen LogP contribution in [0, 0.1) is 12.8 Å². The highest BCUT2D eigenvalue weighted by Gasteiger charge is 2.15. The number of hydrogen-bond acceptors (Lipinski definition) is 4. The molecule has 1 atom stereocenters. The lowest BCUT2D eigenvalue weighted by Crippen LogP contribution is -2.12. The summed E-state index contributed by atoms with van der Waals surface area (Å²) in [4.78, 5) is 8.71. The molecule has 1 aromatic rings. The molecule has 0 bridgehead atoms. The predicted molar refractivity (Wildman–Crippen MR) is 73.2 cm³/mol. The van der Waals surface area contributed by atoms with E-state index in [1.165, 1.54) is 6.42 Å². The van der Waals surface area contributed by atoms with E-state index < -0.39 is 0 Å². The molecule has 1 aliphatic heterocycles. The summed E-state index contributed by atoms with van der Waals surface area (Å²) in [7, 11) is 0. The van der Waals surface area contributed by atoms with Crippen LogP contribution in [0.3, 0.4) is 0 Å². The van der Waals surface area contributed by atoms with Crippen molar-refractivity contribution < 1.29 is 4.74 Å². The number of aryl methyl sites for hydroxylation is 1. The minimum absolute atomic E-state index is 0.550. The summed E-state index contributed by atoms with van der Waals surface area (Å²) in [6.07, 6.45) is 3.08. The van der Waals surface area contributed by atoms with E-state index in [1.807, 2.05) is 13.8 Å². The lowest BCUT2D eigenvalue weighted by atomic mass is 10.1. The maximum atomic E-state index is 6.09. The zero-order valence-electron chi connectivity index (χ0n) is 11.0. The smallest absolute Gasteiger partial charge is 0.137 e. The number of ether oxygens (including phenoxy) is 1. The van der Waals surface area contributed by atoms with Gasteiger partial charge in [0.25, 0.3) is 0 Å². The van der Waals surface area contributed by atoms with Crippen LogP contribution in [0.1, 0.15) is 31.2 Å². The fraction of sp³-hybridized carbons (Fsp3) is 0.692. The van der Waals surface area contributed by atoms with Gasteiger partial charge < -0.3 is 10.1 Å². The maximum Gasteiger partial charge on any atom is 0.137 e. The van der Waals surface area contributed by atoms with Crippen LogP contribution in [0.2, 0.25) is 5.15 Å². The number of hydrogen-bond donors (Lipinski definition) is 1. The average molecular weight is 270 g/mol. The normalized spacial score (nSPS) is 19.2. The van der Waals surface area contributed by atoms with Crippen molar-refractivity contribution in [2.75, 3.05) is 25.1 Å². The van der Waals surface area contributed by atoms with E-state index in [0.717, 1.165) is 49.8 Å². The number of nitrogens with one attached hydrogen (secondary N) is 1. The van der Waals surface area contributed by atoms with Crippen molar-refractivity contribution in [3.05, 3.63) is 16.5 Å². The fourth-order valence-electron chi connectivity index (χ4n) is 2.07. The highest BCUT2D eigenvalue weighted by Crippen LogP contribution is 2.21. The van der Waals surface area contributed by atoms with Crippen LogP contribution in [0.15, 0.2) is 0 Å². The van der Waals surface area contributed by atoms with Gasteiger partial charge in [-0.3, -0.25) is 0 Å². The second-order valence-corrected chi connectivity index (χ2v) is 5.06. The number of anilines is 1. The van der Waals surface area contributed by atoms with E-state index in [-0.39, 0.29) is 0 Å². The Morgan fingerprint density at radius 3 is 2.94 bits per heavy atom. The second kappa shape index (κ2) is 6.34. The van der Waals surface area contributed by atoms with Gasteiger partial charge in [0.1, 0.15) is 16.8 Å². The van der Waals surface area contributed by atoms with Gasteiger partial charge in [-0.05, 0) is 25.7 Å². The maximum absolute atomic E-state index is 6.09. The molecule has 2 heterocycles. The van der Waals surface area contributed by atoms with Gasteiger partial charge in [0.2, 0.25) is 0 Å². The number of aromatic nitrogens is 2. The number of rotatable bonds is 5. The van der Waals surface area contributed by atoms with Crippen LogP contribution in [-0.4, -0.2) is 29.7 Å². The molecule has 18 heavy (non-hydrogen) atoms. The quantitative estimate of drug-likeness (QED) is 0.835. The van der Waals surface area contributed by atoms with E-state index in [0.29, 0.717) is 11.1 Å². The second-order valence-electron chi connectivity index (χ2n) is 4.70. The molecular formula is C13H20ClN3O. The zero-order valence-corrected chi connectivity index (χ0v) is 11.8. The first-order valence-electron chi connectivity index (χ1n) is 6.55. The van der Waals surface area contributed by atoms with Crippen molar-refractivity contribution in [2.45, 2.75) is 33.1 Å². The molecule has 5 heteroatoms. The summed E-state index contributed by atoms with van der Waals surface area (Å²) in [5, 5.41) is 3.91. The summed E-state index contributed by atoms with van der Waals surface area (Å²) in [6, 6.07) is 0. The topological polar surface area (TPSA) is 47.0 Å². The Morgan fingerprint density at radius 1 is 1.44 bits per heavy atom. The largest absolute Gasteiger partial charge is 0.381 e. The molecular weight excluding hydrogens is 250 g/mol. The monoisotopic (exact) mass is 269 g/mol. The van der Waals surface area contributed by atoms with Crippen LogP contribution in [0.25, 0.3) is 0 Å². The fourth-order valence-corrected chi connectivity index (χ4v) is 2.26. The average Bonchev–Trinajstić information content (AvgIpc) is 2.87. The summed E-state index contributed by atoms with van der Waals surface area (Å²) in [5.41, 5.74) is 0.927. The van der Waals surface area contributed by atoms with Crippen LogP contribution in [0.4, 0.5) is 5.82 Å². The van der Waals surface area contributed by atoms with E-state index in [1.54, 1.807) is 0 Å². The minimum Gasteiger partial charge on any atom is -0.381 e. The first-order valence-corrected chi connectivity index (χ1v) is 6.93. The van der Waals surface area contributed by atoms with Crippen molar-refractivity contribution >= 4 is 17.4 Å². The molecule has 1 unspecified atom stereocenters. The Balaban J connectivity index is 1.93. The van der Waals surface area contributed by atoms with Crippen molar-refractivity contribution in [1.29, 1.82) is 0 Å². The molecule has 1 aliphatic rings. The summed E-state index contributed by atoms with van der Waals surface area (Å²) in [5.74, 6) is 2.34. The third-order valence-electron chi connectivity index (χ3n) is 3.32. The highest BCUT2D eigenvalue weighted by atomic mass is 35.5. The zero-order chi connectivity index (χ0) is 13.0. The van der Waals surface area contributed by atoms with Crippen molar-refractivity contribution in [2.24, 2.45) is 5.92 Å². The first-order chi connectivity index (χ1) is 8.70. The van der Waals surface area contributed by atoms with Gasteiger partial charge >= 0.3 is 0 Å². The van der Waals surface area contributed by atoms with Crippen LogP contribution in [-0.2, 0) is 11.2 Å². The SMILES string of the molecule is CCc1nc(Cl)c(C)c(NCCC2CCOC2)n1. The third kappa shape index (κ3) is 3.33. The Labute approximate surface area is 113 Å². The van der Waals surface area contributed by atoms with Crippen LogP contribution < -0.4 is 5.32 Å². The Hall–Kier alpha value is -0.870. The van der Waals surface area contributed by atoms with E-state index >= 15 is 0 Å². The lowest BCUT2D eigenvalue weighted by molar-refractivity contribution is 0.185. The van der Waals surface area contributed by atoms with Gasteiger partial charge in [-0.25, -0.2) is 9.97 Å². The molecule has 4 nitrogen and oxygen atoms in total. The standard InChI is InChI=1S/C13H20ClN3O/c1-3-11-16-12(14)9(2)13(17-11)15-6-4-10-5-7-18-8-10/h10H,3-8H2,1-2H3,(H,15,16,17). The molecule has 0 radical (unpaired) electrons. The van der Waals surface area contributed by atoms with E-state index in [4.69, 9.17) is 16.3 Å². The van der Waals surface area contributed by atoms with E-state index in [9.17, 15) is 0 Å². The van der Waals surface area contributed by atoms with Crippen LogP contribution in [0.5, 0.6) is 0 Å². The van der Waals surface area contributed by atoms with Gasteiger partial charge in [-0.1, -0.05) is 18.5 Å². The van der Waals surface area contributed by atoms with Gasteiger partial charge in [-0.2, -0.15) is 0 Å². The van der Waals surface area contributed by atoms with Crippen molar-refractivity contribution in [3.8, 4) is 0 Å². The molecule has 1 fully saturated rings. The summed E-state index contributed by atoms with van der Waals surface area (Å²) in [6.45, 7) is 6.68. The van der Waals surface area contributed by atoms with E-state index in [2.05, 4.69) is 15.3 Å². The third-order valence-corrected chi connectivity index (χ3v) is 3.69. The van der Waals surface area contributed by atoms with Crippen molar-refractivity contribution in [1.82, 2.24) is 9.97 Å². The molecule has 100 valence electrons. The molecule has 1 N–H and O–H groups in total. The molecule has 2 rings (SSSR count). The molecule has 1 aromatic heterocycles. The molecule has 0 aromatic carbocycles. The summed E-state index contributed by atoms with van der Waals surface area (Å²) < 4.78 is 5.36. The number of nitrogens with zero attached hydrogens (tertiary/aromatic N) is 2. The van der Waals surface area contributed by atoms with Gasteiger partial charge in [0.15, 0.2) is 0 Å². The number of halogens is 1. The lowest BCUT2D eigenvalue weighted by Gasteiger charge is -2.12. The van der Waals surface area contributed by atoms with Crippen molar-refractivity contribution in [3.63, 3.8) is 0 Å². The molecule has 0 aliphatic carbocycles. The molecule has 0 saturated carbocycles. The Bertz CT molecular complexity index is 405. The Morgan fingerprint density at radius 2 is 2.28 bits per heavy atom. The van der Waals surface area contributed by atoms with Crippen LogP contribution >= 0.6 is 11.6 Å². The first kappa shape index (κ1) is 13.6. The highest BCUT2D eigenvalue weighted by molar-refractivity contribution is 6.30. The van der Waals surface area contributed by atoms with Gasteiger partial charge in [-0.15, -0.1) is 0 Å². The Kier molecular flexibility index (Phi) is 4.78. The molecule has 0 spiro atoms. The minimum atomic E-state index is 0.550. The van der Waals surface area contributed by atoms with Gasteiger partial charge in [0.05, 0.1) is 0 Å². The predicted octanol–water partition coefficient (Wildman–Crippen LogP) is 2.84.